The van der Waals surface area contributed by atoms with Gasteiger partial charge in [-0.15, -0.1) is 0 Å². The highest BCUT2D eigenvalue weighted by atomic mass is 16.5. The average Bonchev–Trinajstić information content (AvgIpc) is 2.66. The van der Waals surface area contributed by atoms with Crippen molar-refractivity contribution in [1.82, 2.24) is 0 Å². The van der Waals surface area contributed by atoms with Gasteiger partial charge in [-0.05, 0) is 42.3 Å². The fourth-order valence-electron chi connectivity index (χ4n) is 2.46. The lowest BCUT2D eigenvalue weighted by molar-refractivity contribution is -0.118. The highest BCUT2D eigenvalue weighted by Crippen LogP contribution is 2.19. The van der Waals surface area contributed by atoms with Gasteiger partial charge in [0.1, 0.15) is 18.1 Å². The van der Waals surface area contributed by atoms with E-state index in [2.05, 4.69) is 5.32 Å². The number of rotatable bonds is 7. The number of carbonyl (C=O) groups is 1. The van der Waals surface area contributed by atoms with Crippen LogP contribution in [-0.2, 0) is 11.4 Å². The lowest BCUT2D eigenvalue weighted by atomic mass is 10.2. The van der Waals surface area contributed by atoms with E-state index in [0.29, 0.717) is 23.8 Å². The second-order valence-electron chi connectivity index (χ2n) is 5.96. The number of amides is 1. The van der Waals surface area contributed by atoms with E-state index in [0.717, 1.165) is 11.1 Å². The third-order valence-corrected chi connectivity index (χ3v) is 3.73. The number of aryl methyl sites for hydroxylation is 1. The standard InChI is InChI=1S/C22H21NO3/c1-17-7-5-11-20(13-17)26-16-22(24)23-19-10-6-12-21(14-19)25-15-18-8-3-2-4-9-18/h2-14H,15-16H2,1H3,(H,23,24). The van der Waals surface area contributed by atoms with Gasteiger partial charge in [0.25, 0.3) is 5.91 Å². The Morgan fingerprint density at radius 2 is 1.58 bits per heavy atom. The maximum atomic E-state index is 12.1. The van der Waals surface area contributed by atoms with Crippen LogP contribution in [0.15, 0.2) is 78.9 Å². The summed E-state index contributed by atoms with van der Waals surface area (Å²) in [7, 11) is 0. The molecule has 0 radical (unpaired) electrons. The van der Waals surface area contributed by atoms with Gasteiger partial charge in [-0.3, -0.25) is 4.79 Å². The highest BCUT2D eigenvalue weighted by Gasteiger charge is 2.05. The Balaban J connectivity index is 1.52. The summed E-state index contributed by atoms with van der Waals surface area (Å²) in [6, 6.07) is 24.9. The molecule has 3 aromatic carbocycles. The van der Waals surface area contributed by atoms with Gasteiger partial charge in [0.05, 0.1) is 0 Å². The maximum Gasteiger partial charge on any atom is 0.262 e. The molecule has 3 aromatic rings. The maximum absolute atomic E-state index is 12.1. The fraction of sp³-hybridized carbons (Fsp3) is 0.136. The quantitative estimate of drug-likeness (QED) is 0.680. The van der Waals surface area contributed by atoms with Gasteiger partial charge < -0.3 is 14.8 Å². The molecule has 0 saturated heterocycles. The molecular formula is C22H21NO3. The monoisotopic (exact) mass is 347 g/mol. The van der Waals surface area contributed by atoms with Crippen LogP contribution < -0.4 is 14.8 Å². The molecule has 4 nitrogen and oxygen atoms in total. The van der Waals surface area contributed by atoms with Crippen molar-refractivity contribution in [2.24, 2.45) is 0 Å². The molecule has 0 fully saturated rings. The van der Waals surface area contributed by atoms with E-state index in [1.54, 1.807) is 6.07 Å². The summed E-state index contributed by atoms with van der Waals surface area (Å²) in [5.41, 5.74) is 2.85. The molecule has 26 heavy (non-hydrogen) atoms. The number of ether oxygens (including phenoxy) is 2. The van der Waals surface area contributed by atoms with Gasteiger partial charge in [-0.1, -0.05) is 48.5 Å². The molecule has 0 unspecified atom stereocenters. The number of hydrogen-bond acceptors (Lipinski definition) is 3. The van der Waals surface area contributed by atoms with Crippen LogP contribution in [0.2, 0.25) is 0 Å². The van der Waals surface area contributed by atoms with Crippen molar-refractivity contribution in [1.29, 1.82) is 0 Å². The zero-order valence-electron chi connectivity index (χ0n) is 14.6. The fourth-order valence-corrected chi connectivity index (χ4v) is 2.46. The molecule has 0 aliphatic rings. The van der Waals surface area contributed by atoms with Gasteiger partial charge in [0, 0.05) is 11.8 Å². The van der Waals surface area contributed by atoms with Gasteiger partial charge in [-0.25, -0.2) is 0 Å². The average molecular weight is 347 g/mol. The first-order valence-corrected chi connectivity index (χ1v) is 8.45. The van der Waals surface area contributed by atoms with Gasteiger partial charge >= 0.3 is 0 Å². The topological polar surface area (TPSA) is 47.6 Å². The van der Waals surface area contributed by atoms with E-state index in [1.807, 2.05) is 79.7 Å². The molecule has 0 saturated carbocycles. The number of benzene rings is 3. The lowest BCUT2D eigenvalue weighted by Crippen LogP contribution is -2.20. The highest BCUT2D eigenvalue weighted by molar-refractivity contribution is 5.92. The van der Waals surface area contributed by atoms with Crippen LogP contribution >= 0.6 is 0 Å². The first kappa shape index (κ1) is 17.5. The van der Waals surface area contributed by atoms with E-state index in [9.17, 15) is 4.79 Å². The van der Waals surface area contributed by atoms with Crippen molar-refractivity contribution in [3.05, 3.63) is 90.0 Å². The molecule has 1 amide bonds. The zero-order valence-corrected chi connectivity index (χ0v) is 14.6. The normalized spacial score (nSPS) is 10.2. The van der Waals surface area contributed by atoms with Crippen molar-refractivity contribution >= 4 is 11.6 Å². The van der Waals surface area contributed by atoms with Crippen molar-refractivity contribution < 1.29 is 14.3 Å². The second kappa shape index (κ2) is 8.72. The second-order valence-corrected chi connectivity index (χ2v) is 5.96. The summed E-state index contributed by atoms with van der Waals surface area (Å²) in [4.78, 5) is 12.1. The van der Waals surface area contributed by atoms with E-state index in [4.69, 9.17) is 9.47 Å². The Bertz CT molecular complexity index is 862. The minimum Gasteiger partial charge on any atom is -0.489 e. The number of carbonyl (C=O) groups excluding carboxylic acids is 1. The number of nitrogens with one attached hydrogen (secondary N) is 1. The van der Waals surface area contributed by atoms with Crippen molar-refractivity contribution in [2.45, 2.75) is 13.5 Å². The Hall–Kier alpha value is -3.27. The number of hydrogen-bond donors (Lipinski definition) is 1. The van der Waals surface area contributed by atoms with E-state index < -0.39 is 0 Å². The van der Waals surface area contributed by atoms with Crippen LogP contribution in [0.1, 0.15) is 11.1 Å². The van der Waals surface area contributed by atoms with Crippen molar-refractivity contribution in [3.63, 3.8) is 0 Å². The van der Waals surface area contributed by atoms with Gasteiger partial charge in [-0.2, -0.15) is 0 Å². The minimum absolute atomic E-state index is 0.0431. The third kappa shape index (κ3) is 5.38. The Morgan fingerprint density at radius 3 is 2.35 bits per heavy atom. The molecule has 1 N–H and O–H groups in total. The van der Waals surface area contributed by atoms with Crippen molar-refractivity contribution in [3.8, 4) is 11.5 Å². The third-order valence-electron chi connectivity index (χ3n) is 3.73. The minimum atomic E-state index is -0.216. The molecule has 0 heterocycles. The summed E-state index contributed by atoms with van der Waals surface area (Å²) < 4.78 is 11.3. The number of anilines is 1. The summed E-state index contributed by atoms with van der Waals surface area (Å²) in [5.74, 6) is 1.16. The molecule has 0 aliphatic carbocycles. The van der Waals surface area contributed by atoms with Crippen LogP contribution in [-0.4, -0.2) is 12.5 Å². The molecule has 0 bridgehead atoms. The van der Waals surface area contributed by atoms with E-state index >= 15 is 0 Å². The van der Waals surface area contributed by atoms with Crippen LogP contribution in [0.5, 0.6) is 11.5 Å². The van der Waals surface area contributed by atoms with Crippen LogP contribution in [0.4, 0.5) is 5.69 Å². The molecule has 0 spiro atoms. The largest absolute Gasteiger partial charge is 0.489 e. The predicted octanol–water partition coefficient (Wildman–Crippen LogP) is 4.59. The molecule has 132 valence electrons. The first-order valence-electron chi connectivity index (χ1n) is 8.45. The van der Waals surface area contributed by atoms with Crippen LogP contribution in [0.25, 0.3) is 0 Å². The molecule has 0 aromatic heterocycles. The van der Waals surface area contributed by atoms with E-state index in [1.165, 1.54) is 0 Å². The smallest absolute Gasteiger partial charge is 0.262 e. The van der Waals surface area contributed by atoms with Crippen LogP contribution in [0, 0.1) is 6.92 Å². The van der Waals surface area contributed by atoms with Crippen molar-refractivity contribution in [2.75, 3.05) is 11.9 Å². The molecule has 0 atom stereocenters. The first-order chi connectivity index (χ1) is 12.7. The summed E-state index contributed by atoms with van der Waals surface area (Å²) in [6.45, 7) is 2.42. The Morgan fingerprint density at radius 1 is 0.846 bits per heavy atom. The SMILES string of the molecule is Cc1cccc(OCC(=O)Nc2cccc(OCc3ccccc3)c2)c1. The summed E-state index contributed by atoms with van der Waals surface area (Å²) in [5, 5.41) is 2.82. The van der Waals surface area contributed by atoms with Crippen LogP contribution in [0.3, 0.4) is 0 Å². The summed E-state index contributed by atoms with van der Waals surface area (Å²) >= 11 is 0. The summed E-state index contributed by atoms with van der Waals surface area (Å²) in [6.07, 6.45) is 0. The molecule has 4 heteroatoms. The lowest BCUT2D eigenvalue weighted by Gasteiger charge is -2.10. The Kier molecular flexibility index (Phi) is 5.88. The Labute approximate surface area is 153 Å². The zero-order chi connectivity index (χ0) is 18.2. The molecule has 3 rings (SSSR count). The van der Waals surface area contributed by atoms with E-state index in [-0.39, 0.29) is 12.5 Å². The molecule has 0 aliphatic heterocycles. The molecular weight excluding hydrogens is 326 g/mol. The predicted molar refractivity (Wildman–Crippen MR) is 103 cm³/mol. The van der Waals surface area contributed by atoms with Gasteiger partial charge in [0.2, 0.25) is 0 Å². The van der Waals surface area contributed by atoms with Gasteiger partial charge in [0.15, 0.2) is 6.61 Å².